The fourth-order valence-electron chi connectivity index (χ4n) is 2.39. The van der Waals surface area contributed by atoms with E-state index in [0.29, 0.717) is 33.3 Å². The first-order valence-corrected chi connectivity index (χ1v) is 7.47. The van der Waals surface area contributed by atoms with Gasteiger partial charge in [-0.2, -0.15) is 0 Å². The molecule has 9 heteroatoms. The van der Waals surface area contributed by atoms with E-state index in [2.05, 4.69) is 15.0 Å². The number of nitrogen functional groups attached to an aromatic ring is 2. The summed E-state index contributed by atoms with van der Waals surface area (Å²) in [6, 6.07) is 10.9. The average Bonchev–Trinajstić information content (AvgIpc) is 2.58. The van der Waals surface area contributed by atoms with Gasteiger partial charge < -0.3 is 31.5 Å². The number of rotatable bonds is 0. The van der Waals surface area contributed by atoms with E-state index in [9.17, 15) is 19.5 Å². The molecule has 0 radical (unpaired) electrons. The van der Waals surface area contributed by atoms with Gasteiger partial charge in [0.2, 0.25) is 0 Å². The molecule has 4 rings (SSSR count). The van der Waals surface area contributed by atoms with Crippen molar-refractivity contribution in [3.63, 3.8) is 0 Å². The summed E-state index contributed by atoms with van der Waals surface area (Å²) in [5, 5.41) is 9.96. The molecular weight excluding hydrogens is 338 g/mol. The van der Waals surface area contributed by atoms with Crippen LogP contribution in [0.4, 0.5) is 11.4 Å². The summed E-state index contributed by atoms with van der Waals surface area (Å²) >= 11 is 0. The maximum atomic E-state index is 10.9. The fraction of sp³-hybridized carbons (Fsp3) is 0. The van der Waals surface area contributed by atoms with E-state index in [1.54, 1.807) is 36.4 Å². The summed E-state index contributed by atoms with van der Waals surface area (Å²) in [7, 11) is 0. The Hall–Kier alpha value is -4.01. The summed E-state index contributed by atoms with van der Waals surface area (Å²) in [4.78, 5) is 40.2. The second-order valence-corrected chi connectivity index (χ2v) is 5.54. The van der Waals surface area contributed by atoms with Crippen molar-refractivity contribution in [3.05, 3.63) is 73.5 Å². The van der Waals surface area contributed by atoms with Crippen molar-refractivity contribution in [1.29, 1.82) is 0 Å². The van der Waals surface area contributed by atoms with Gasteiger partial charge in [0.1, 0.15) is 5.75 Å². The highest BCUT2D eigenvalue weighted by atomic mass is 16.3. The Kier molecular flexibility index (Phi) is 4.19. The number of benzene rings is 2. The number of nitrogens with two attached hydrogens (primary N) is 2. The number of aromatic hydroxyl groups is 1. The second kappa shape index (κ2) is 6.48. The standard InChI is InChI=1S/C9H8N2O2.C8H7N3O2/c10-5-1-2-7-6(3-5)8(12)4-9(13)11-7;9-4-1-2-5-6(3-4)11-8(13)7(12)10-5/h1-4H,10H2,(H2,11,12,13);1-3H,9H2,(H,10,12)(H,11,13). The van der Waals surface area contributed by atoms with E-state index in [0.717, 1.165) is 6.07 Å². The zero-order valence-corrected chi connectivity index (χ0v) is 13.4. The molecule has 8 N–H and O–H groups in total. The zero-order valence-electron chi connectivity index (χ0n) is 13.4. The molecule has 0 bridgehead atoms. The summed E-state index contributed by atoms with van der Waals surface area (Å²) in [6.45, 7) is 0. The minimum Gasteiger partial charge on any atom is -0.507 e. The molecule has 4 aromatic rings. The molecule has 0 spiro atoms. The van der Waals surface area contributed by atoms with Gasteiger partial charge in [-0.3, -0.25) is 14.4 Å². The lowest BCUT2D eigenvalue weighted by molar-refractivity contribution is 0.480. The van der Waals surface area contributed by atoms with Crippen molar-refractivity contribution in [1.82, 2.24) is 15.0 Å². The Morgan fingerprint density at radius 2 is 1.27 bits per heavy atom. The van der Waals surface area contributed by atoms with Crippen LogP contribution in [0, 0.1) is 0 Å². The van der Waals surface area contributed by atoms with E-state index in [-0.39, 0.29) is 11.3 Å². The number of anilines is 2. The summed E-state index contributed by atoms with van der Waals surface area (Å²) in [6.07, 6.45) is 0. The third-order valence-corrected chi connectivity index (χ3v) is 3.59. The van der Waals surface area contributed by atoms with Gasteiger partial charge in [-0.05, 0) is 36.4 Å². The van der Waals surface area contributed by atoms with Gasteiger partial charge in [-0.15, -0.1) is 0 Å². The number of pyridine rings is 1. The lowest BCUT2D eigenvalue weighted by Gasteiger charge is -2.00. The molecule has 2 aromatic carbocycles. The molecule has 2 heterocycles. The summed E-state index contributed by atoms with van der Waals surface area (Å²) in [5.74, 6) is -0.0500. The molecule has 2 aromatic heterocycles. The van der Waals surface area contributed by atoms with Gasteiger partial charge in [0.25, 0.3) is 5.56 Å². The van der Waals surface area contributed by atoms with Gasteiger partial charge in [-0.1, -0.05) is 0 Å². The van der Waals surface area contributed by atoms with E-state index in [4.69, 9.17) is 11.5 Å². The molecule has 0 unspecified atom stereocenters. The number of hydrogen-bond acceptors (Lipinski definition) is 6. The van der Waals surface area contributed by atoms with E-state index < -0.39 is 11.1 Å². The number of fused-ring (bicyclic) bond motifs is 2. The highest BCUT2D eigenvalue weighted by Gasteiger charge is 2.01. The van der Waals surface area contributed by atoms with Crippen LogP contribution in [0.3, 0.4) is 0 Å². The molecule has 132 valence electrons. The lowest BCUT2D eigenvalue weighted by Crippen LogP contribution is -2.28. The SMILES string of the molecule is Nc1ccc2[nH]c(=O)c(=O)[nH]c2c1.Nc1ccc2[nH]c(=O)cc(O)c2c1. The zero-order chi connectivity index (χ0) is 18.8. The predicted molar refractivity (Wildman–Crippen MR) is 100 cm³/mol. The lowest BCUT2D eigenvalue weighted by atomic mass is 10.2. The Labute approximate surface area is 144 Å². The first-order chi connectivity index (χ1) is 12.3. The monoisotopic (exact) mass is 353 g/mol. The smallest absolute Gasteiger partial charge is 0.314 e. The summed E-state index contributed by atoms with van der Waals surface area (Å²) < 4.78 is 0. The Morgan fingerprint density at radius 3 is 1.96 bits per heavy atom. The van der Waals surface area contributed by atoms with E-state index in [1.165, 1.54) is 0 Å². The van der Waals surface area contributed by atoms with Crippen LogP contribution in [0.2, 0.25) is 0 Å². The summed E-state index contributed by atoms with van der Waals surface area (Å²) in [5.41, 5.74) is 12.1. The first-order valence-electron chi connectivity index (χ1n) is 7.47. The van der Waals surface area contributed by atoms with Gasteiger partial charge in [-0.25, -0.2) is 0 Å². The Balaban J connectivity index is 0.000000151. The van der Waals surface area contributed by atoms with Crippen LogP contribution < -0.4 is 28.1 Å². The van der Waals surface area contributed by atoms with Crippen molar-refractivity contribution < 1.29 is 5.11 Å². The normalized spacial score (nSPS) is 10.5. The van der Waals surface area contributed by atoms with Gasteiger partial charge in [0.15, 0.2) is 0 Å². The van der Waals surface area contributed by atoms with Crippen LogP contribution >= 0.6 is 0 Å². The second-order valence-electron chi connectivity index (χ2n) is 5.54. The molecule has 0 amide bonds. The van der Waals surface area contributed by atoms with Gasteiger partial charge in [0.05, 0.1) is 16.6 Å². The first kappa shape index (κ1) is 16.8. The Morgan fingerprint density at radius 1 is 0.692 bits per heavy atom. The predicted octanol–water partition coefficient (Wildman–Crippen LogP) is 0.614. The largest absolute Gasteiger partial charge is 0.507 e. The molecule has 26 heavy (non-hydrogen) atoms. The third-order valence-electron chi connectivity index (χ3n) is 3.59. The Bertz CT molecular complexity index is 1290. The topological polar surface area (TPSA) is 171 Å². The number of nitrogens with one attached hydrogen (secondary N) is 3. The molecule has 0 atom stereocenters. The van der Waals surface area contributed by atoms with Crippen LogP contribution in [0.1, 0.15) is 0 Å². The van der Waals surface area contributed by atoms with Crippen LogP contribution in [-0.4, -0.2) is 20.1 Å². The molecule has 0 aliphatic heterocycles. The van der Waals surface area contributed by atoms with Crippen molar-refractivity contribution in [2.45, 2.75) is 0 Å². The molecule has 0 saturated heterocycles. The van der Waals surface area contributed by atoms with Gasteiger partial charge in [0, 0.05) is 22.8 Å². The van der Waals surface area contributed by atoms with Crippen molar-refractivity contribution in [2.24, 2.45) is 0 Å². The van der Waals surface area contributed by atoms with E-state index in [1.807, 2.05) is 0 Å². The highest BCUT2D eigenvalue weighted by Crippen LogP contribution is 2.22. The molecule has 9 nitrogen and oxygen atoms in total. The maximum Gasteiger partial charge on any atom is 0.314 e. The third kappa shape index (κ3) is 3.41. The van der Waals surface area contributed by atoms with E-state index >= 15 is 0 Å². The number of aromatic nitrogens is 3. The quantitative estimate of drug-likeness (QED) is 0.200. The van der Waals surface area contributed by atoms with Crippen molar-refractivity contribution in [3.8, 4) is 5.75 Å². The minimum atomic E-state index is -0.668. The van der Waals surface area contributed by atoms with Crippen LogP contribution in [0.15, 0.2) is 56.8 Å². The van der Waals surface area contributed by atoms with Crippen molar-refractivity contribution >= 4 is 33.3 Å². The molecular formula is C17H15N5O4. The molecule has 0 saturated carbocycles. The number of H-pyrrole nitrogens is 3. The number of hydrogen-bond donors (Lipinski definition) is 6. The van der Waals surface area contributed by atoms with Crippen LogP contribution in [0.25, 0.3) is 21.9 Å². The molecule has 0 fully saturated rings. The molecule has 0 aliphatic carbocycles. The number of aromatic amines is 3. The van der Waals surface area contributed by atoms with Crippen LogP contribution in [0.5, 0.6) is 5.75 Å². The fourth-order valence-corrected chi connectivity index (χ4v) is 2.39. The highest BCUT2D eigenvalue weighted by molar-refractivity contribution is 5.87. The van der Waals surface area contributed by atoms with Crippen molar-refractivity contribution in [2.75, 3.05) is 11.5 Å². The minimum absolute atomic E-state index is 0.0500. The van der Waals surface area contributed by atoms with Gasteiger partial charge >= 0.3 is 11.1 Å². The van der Waals surface area contributed by atoms with Crippen LogP contribution in [-0.2, 0) is 0 Å². The molecule has 0 aliphatic rings. The maximum absolute atomic E-state index is 10.9. The average molecular weight is 353 g/mol.